The predicted octanol–water partition coefficient (Wildman–Crippen LogP) is 6.46. The Bertz CT molecular complexity index is 2130. The van der Waals surface area contributed by atoms with E-state index in [0.717, 1.165) is 124 Å². The van der Waals surface area contributed by atoms with E-state index < -0.39 is 0 Å². The van der Waals surface area contributed by atoms with Gasteiger partial charge in [-0.05, 0) is 62.6 Å². The second kappa shape index (κ2) is 11.8. The Balaban J connectivity index is 1.21. The maximum Gasteiger partial charge on any atom is 0.254 e. The van der Waals surface area contributed by atoms with Gasteiger partial charge in [0.05, 0.1) is 42.7 Å². The lowest BCUT2D eigenvalue weighted by molar-refractivity contribution is 0.00161. The molecule has 240 valence electrons. The number of aromatic nitrogens is 4. The summed E-state index contributed by atoms with van der Waals surface area (Å²) in [6, 6.07) is 16.8. The zero-order valence-electron chi connectivity index (χ0n) is 27.2. The number of aryl methyl sites for hydroxylation is 3. The van der Waals surface area contributed by atoms with Crippen molar-refractivity contribution in [3.8, 4) is 28.1 Å². The van der Waals surface area contributed by atoms with Crippen molar-refractivity contribution >= 4 is 38.6 Å². The molecule has 2 aliphatic rings. The number of hydrogen-bond donors (Lipinski definition) is 1. The van der Waals surface area contributed by atoms with E-state index in [1.807, 2.05) is 62.1 Å². The maximum absolute atomic E-state index is 14.0. The van der Waals surface area contributed by atoms with Gasteiger partial charge in [0.25, 0.3) is 5.91 Å². The fourth-order valence-electron chi connectivity index (χ4n) is 7.60. The molecule has 5 heterocycles. The molecule has 6 aromatic rings. The van der Waals surface area contributed by atoms with Crippen molar-refractivity contribution in [2.24, 2.45) is 0 Å². The molecule has 2 aliphatic heterocycles. The first kappa shape index (κ1) is 29.6. The van der Waals surface area contributed by atoms with Crippen molar-refractivity contribution < 1.29 is 18.8 Å². The van der Waals surface area contributed by atoms with Crippen LogP contribution in [0.5, 0.6) is 5.75 Å². The summed E-state index contributed by atoms with van der Waals surface area (Å²) < 4.78 is 16.9. The molecule has 0 unspecified atom stereocenters. The second-order valence-electron chi connectivity index (χ2n) is 12.6. The molecule has 10 nitrogen and oxygen atoms in total. The van der Waals surface area contributed by atoms with Crippen LogP contribution in [0.3, 0.4) is 0 Å². The van der Waals surface area contributed by atoms with Crippen LogP contribution in [0.4, 0.5) is 0 Å². The summed E-state index contributed by atoms with van der Waals surface area (Å²) in [6.45, 7) is 10.8. The lowest BCUT2D eigenvalue weighted by atomic mass is 9.94. The minimum atomic E-state index is 0.0841. The number of H-pyrrole nitrogens is 1. The number of aromatic amines is 1. The average Bonchev–Trinajstić information content (AvgIpc) is 3.64. The number of amides is 1. The van der Waals surface area contributed by atoms with Gasteiger partial charge in [-0.1, -0.05) is 35.5 Å². The van der Waals surface area contributed by atoms with E-state index in [1.54, 1.807) is 7.11 Å². The topological polar surface area (TPSA) is 110 Å². The molecule has 1 amide bonds. The van der Waals surface area contributed by atoms with Crippen LogP contribution in [0.25, 0.3) is 55.1 Å². The molecule has 0 spiro atoms. The molecule has 0 aliphatic carbocycles. The molecule has 0 atom stereocenters. The van der Waals surface area contributed by atoms with Crippen LogP contribution in [0.1, 0.15) is 40.5 Å². The van der Waals surface area contributed by atoms with E-state index in [4.69, 9.17) is 24.0 Å². The number of carbonyl (C=O) groups is 1. The first-order valence-corrected chi connectivity index (χ1v) is 16.4. The molecule has 8 rings (SSSR count). The highest BCUT2D eigenvalue weighted by atomic mass is 16.5. The van der Waals surface area contributed by atoms with Crippen molar-refractivity contribution in [1.29, 1.82) is 0 Å². The molecule has 3 aromatic carbocycles. The van der Waals surface area contributed by atoms with Crippen molar-refractivity contribution in [3.05, 3.63) is 71.4 Å². The number of carbonyl (C=O) groups excluding carboxylic acids is 1. The van der Waals surface area contributed by atoms with Gasteiger partial charge in [0.1, 0.15) is 23.0 Å². The van der Waals surface area contributed by atoms with E-state index in [-0.39, 0.29) is 5.91 Å². The molecule has 3 aromatic heterocycles. The Labute approximate surface area is 272 Å². The normalized spacial score (nSPS) is 16.5. The Hall–Kier alpha value is -4.80. The minimum absolute atomic E-state index is 0.0841. The largest absolute Gasteiger partial charge is 0.496 e. The molecular weight excluding hydrogens is 592 g/mol. The monoisotopic (exact) mass is 630 g/mol. The number of likely N-dealkylation sites (tertiary alicyclic amines) is 1. The van der Waals surface area contributed by atoms with Crippen molar-refractivity contribution in [3.63, 3.8) is 0 Å². The molecule has 0 bridgehead atoms. The SMILES string of the molecule is COc1cc2c(cc1-c1c(C)noc1C)[nH]c1nc(C)nc(-c3ccc(C(=O)N4CCC(N5CCOCC5)CC4)c4ccccc34)c12. The number of methoxy groups -OCH3 is 1. The third-order valence-corrected chi connectivity index (χ3v) is 9.91. The third kappa shape index (κ3) is 5.03. The zero-order chi connectivity index (χ0) is 32.2. The molecule has 2 fully saturated rings. The fraction of sp³-hybridized carbons (Fsp3) is 0.351. The third-order valence-electron chi connectivity index (χ3n) is 9.91. The fourth-order valence-corrected chi connectivity index (χ4v) is 7.60. The predicted molar refractivity (Wildman–Crippen MR) is 182 cm³/mol. The van der Waals surface area contributed by atoms with Crippen molar-refractivity contribution in [2.45, 2.75) is 39.7 Å². The van der Waals surface area contributed by atoms with Gasteiger partial charge in [-0.3, -0.25) is 9.69 Å². The van der Waals surface area contributed by atoms with Gasteiger partial charge in [0.2, 0.25) is 0 Å². The number of nitrogens with zero attached hydrogens (tertiary/aromatic N) is 5. The number of piperidine rings is 1. The average molecular weight is 631 g/mol. The molecular formula is C37H38N6O4. The van der Waals surface area contributed by atoms with Crippen LogP contribution in [0.15, 0.2) is 53.1 Å². The first-order valence-electron chi connectivity index (χ1n) is 16.4. The molecule has 0 radical (unpaired) electrons. The number of benzene rings is 3. The highest BCUT2D eigenvalue weighted by Gasteiger charge is 2.29. The Kier molecular flexibility index (Phi) is 7.41. The van der Waals surface area contributed by atoms with E-state index in [2.05, 4.69) is 27.2 Å². The Morgan fingerprint density at radius 1 is 0.915 bits per heavy atom. The minimum Gasteiger partial charge on any atom is -0.496 e. The summed E-state index contributed by atoms with van der Waals surface area (Å²) in [5.74, 6) is 2.18. The van der Waals surface area contributed by atoms with Gasteiger partial charge >= 0.3 is 0 Å². The molecule has 1 N–H and O–H groups in total. The standard InChI is InChI=1S/C37H38N6O4/c1-21-33(22(2)47-41-21)30-19-31-29(20-32(30)45-4)34-35(38-23(3)39-36(34)40-31)27-9-10-28(26-8-6-5-7-25(26)27)37(44)43-13-11-24(12-14-43)42-15-17-46-18-16-42/h5-10,19-20,24H,11-18H2,1-4H3,(H,38,39,40). The number of hydrogen-bond acceptors (Lipinski definition) is 8. The second-order valence-corrected chi connectivity index (χ2v) is 12.6. The number of fused-ring (bicyclic) bond motifs is 4. The number of ether oxygens (including phenoxy) is 2. The summed E-state index contributed by atoms with van der Waals surface area (Å²) in [5.41, 5.74) is 6.76. The number of nitrogens with one attached hydrogen (secondary N) is 1. The molecule has 0 saturated carbocycles. The van der Waals surface area contributed by atoms with Gasteiger partial charge in [-0.15, -0.1) is 0 Å². The highest BCUT2D eigenvalue weighted by Crippen LogP contribution is 2.42. The van der Waals surface area contributed by atoms with Crippen LogP contribution in [0, 0.1) is 20.8 Å². The van der Waals surface area contributed by atoms with Gasteiger partial charge in [-0.25, -0.2) is 9.97 Å². The zero-order valence-corrected chi connectivity index (χ0v) is 27.2. The van der Waals surface area contributed by atoms with Gasteiger partial charge in [0, 0.05) is 59.8 Å². The summed E-state index contributed by atoms with van der Waals surface area (Å²) in [5, 5.41) is 7.93. The van der Waals surface area contributed by atoms with Crippen molar-refractivity contribution in [2.75, 3.05) is 46.5 Å². The lowest BCUT2D eigenvalue weighted by Crippen LogP contribution is -2.50. The van der Waals surface area contributed by atoms with E-state index in [0.29, 0.717) is 17.6 Å². The summed E-state index contributed by atoms with van der Waals surface area (Å²) in [4.78, 5) is 31.9. The van der Waals surface area contributed by atoms with E-state index >= 15 is 0 Å². The highest BCUT2D eigenvalue weighted by molar-refractivity contribution is 6.17. The summed E-state index contributed by atoms with van der Waals surface area (Å²) >= 11 is 0. The van der Waals surface area contributed by atoms with E-state index in [9.17, 15) is 4.79 Å². The molecule has 10 heteroatoms. The molecule has 2 saturated heterocycles. The quantitative estimate of drug-likeness (QED) is 0.231. The number of rotatable bonds is 5. The smallest absolute Gasteiger partial charge is 0.254 e. The van der Waals surface area contributed by atoms with Crippen LogP contribution in [-0.4, -0.2) is 88.4 Å². The summed E-state index contributed by atoms with van der Waals surface area (Å²) in [7, 11) is 1.67. The summed E-state index contributed by atoms with van der Waals surface area (Å²) in [6.07, 6.45) is 1.98. The Morgan fingerprint density at radius 3 is 2.40 bits per heavy atom. The van der Waals surface area contributed by atoms with E-state index in [1.165, 1.54) is 0 Å². The van der Waals surface area contributed by atoms with Crippen LogP contribution >= 0.6 is 0 Å². The van der Waals surface area contributed by atoms with Gasteiger partial charge < -0.3 is 23.9 Å². The van der Waals surface area contributed by atoms with Gasteiger partial charge in [0.15, 0.2) is 0 Å². The van der Waals surface area contributed by atoms with Crippen LogP contribution in [0.2, 0.25) is 0 Å². The lowest BCUT2D eigenvalue weighted by Gasteiger charge is -2.40. The molecule has 47 heavy (non-hydrogen) atoms. The van der Waals surface area contributed by atoms with Crippen LogP contribution < -0.4 is 4.74 Å². The van der Waals surface area contributed by atoms with Gasteiger partial charge in [-0.2, -0.15) is 0 Å². The van der Waals surface area contributed by atoms with Crippen molar-refractivity contribution in [1.82, 2.24) is 29.9 Å². The first-order chi connectivity index (χ1) is 22.9. The Morgan fingerprint density at radius 2 is 1.68 bits per heavy atom. The van der Waals surface area contributed by atoms with Crippen LogP contribution in [-0.2, 0) is 4.74 Å². The number of morpholine rings is 1. The maximum atomic E-state index is 14.0.